The summed E-state index contributed by atoms with van der Waals surface area (Å²) in [6, 6.07) is 0.448. The summed E-state index contributed by atoms with van der Waals surface area (Å²) in [7, 11) is 3.56. The number of rotatable bonds is 6. The van der Waals surface area contributed by atoms with Crippen LogP contribution in [0.25, 0.3) is 0 Å². The van der Waals surface area contributed by atoms with Crippen molar-refractivity contribution in [3.05, 3.63) is 0 Å². The number of unbranched alkanes of at least 4 members (excludes halogenated alkanes) is 1. The van der Waals surface area contributed by atoms with Crippen LogP contribution in [0.3, 0.4) is 0 Å². The van der Waals surface area contributed by atoms with Gasteiger partial charge in [0.15, 0.2) is 0 Å². The van der Waals surface area contributed by atoms with Gasteiger partial charge in [-0.15, -0.1) is 0 Å². The van der Waals surface area contributed by atoms with Gasteiger partial charge in [-0.2, -0.15) is 0 Å². The molecule has 3 nitrogen and oxygen atoms in total. The molecule has 78 valence electrons. The fourth-order valence-electron chi connectivity index (χ4n) is 1.03. The molecule has 0 saturated heterocycles. The highest BCUT2D eigenvalue weighted by atomic mass is 16.2. The van der Waals surface area contributed by atoms with E-state index in [1.165, 1.54) is 12.8 Å². The van der Waals surface area contributed by atoms with Gasteiger partial charge >= 0.3 is 0 Å². The molecule has 0 aromatic carbocycles. The quantitative estimate of drug-likeness (QED) is 0.677. The third kappa shape index (κ3) is 6.58. The minimum Gasteiger partial charge on any atom is -0.348 e. The third-order valence-electron chi connectivity index (χ3n) is 2.09. The van der Waals surface area contributed by atoms with Crippen molar-refractivity contribution in [2.24, 2.45) is 0 Å². The molecule has 0 saturated carbocycles. The lowest BCUT2D eigenvalue weighted by atomic mass is 10.1. The van der Waals surface area contributed by atoms with Crippen LogP contribution in [0.1, 0.15) is 33.1 Å². The maximum Gasteiger partial charge on any atom is 0.236 e. The number of hydrogen-bond acceptors (Lipinski definition) is 2. The van der Waals surface area contributed by atoms with E-state index in [2.05, 4.69) is 19.2 Å². The zero-order valence-electron chi connectivity index (χ0n) is 9.26. The highest BCUT2D eigenvalue weighted by Gasteiger charge is 2.05. The zero-order chi connectivity index (χ0) is 10.3. The molecule has 0 spiro atoms. The number of carbonyl (C=O) groups is 1. The molecule has 0 heterocycles. The summed E-state index contributed by atoms with van der Waals surface area (Å²) in [6.45, 7) is 4.76. The predicted molar refractivity (Wildman–Crippen MR) is 55.7 cm³/mol. The minimum atomic E-state index is 0.142. The molecule has 1 N–H and O–H groups in total. The van der Waals surface area contributed by atoms with Crippen LogP contribution >= 0.6 is 0 Å². The number of nitrogens with one attached hydrogen (secondary N) is 1. The number of amides is 1. The van der Waals surface area contributed by atoms with Crippen molar-refractivity contribution in [2.45, 2.75) is 39.2 Å². The summed E-state index contributed by atoms with van der Waals surface area (Å²) in [5, 5.41) is 3.21. The van der Waals surface area contributed by atoms with Gasteiger partial charge in [-0.3, -0.25) is 4.79 Å². The molecule has 1 unspecified atom stereocenters. The van der Waals surface area contributed by atoms with Crippen LogP contribution in [-0.4, -0.2) is 37.5 Å². The summed E-state index contributed by atoms with van der Waals surface area (Å²) < 4.78 is 0. The number of carbonyl (C=O) groups excluding carboxylic acids is 1. The topological polar surface area (TPSA) is 32.3 Å². The van der Waals surface area contributed by atoms with Crippen molar-refractivity contribution in [1.82, 2.24) is 10.2 Å². The Labute approximate surface area is 81.5 Å². The fourth-order valence-corrected chi connectivity index (χ4v) is 1.03. The van der Waals surface area contributed by atoms with E-state index in [1.54, 1.807) is 19.0 Å². The van der Waals surface area contributed by atoms with Gasteiger partial charge in [0.05, 0.1) is 6.54 Å². The van der Waals surface area contributed by atoms with Gasteiger partial charge in [0.2, 0.25) is 5.91 Å². The molecule has 1 amide bonds. The Morgan fingerprint density at radius 2 is 2.08 bits per heavy atom. The lowest BCUT2D eigenvalue weighted by Crippen LogP contribution is -2.37. The summed E-state index contributed by atoms with van der Waals surface area (Å²) in [5.74, 6) is 0.142. The molecule has 0 bridgehead atoms. The second-order valence-electron chi connectivity index (χ2n) is 3.71. The number of likely N-dealkylation sites (N-methyl/N-ethyl adjacent to an activating group) is 1. The van der Waals surface area contributed by atoms with Crippen LogP contribution in [0.2, 0.25) is 0 Å². The van der Waals surface area contributed by atoms with Gasteiger partial charge in [-0.25, -0.2) is 0 Å². The number of hydrogen-bond donors (Lipinski definition) is 1. The van der Waals surface area contributed by atoms with Crippen molar-refractivity contribution in [1.29, 1.82) is 0 Å². The van der Waals surface area contributed by atoms with Crippen LogP contribution in [0.4, 0.5) is 0 Å². The van der Waals surface area contributed by atoms with E-state index in [9.17, 15) is 4.79 Å². The van der Waals surface area contributed by atoms with Crippen molar-refractivity contribution >= 4 is 5.91 Å². The SMILES string of the molecule is CCCCC(C)NCC(=O)N(C)C. The summed E-state index contributed by atoms with van der Waals surface area (Å²) >= 11 is 0. The Hall–Kier alpha value is -0.570. The molecule has 1 atom stereocenters. The molecule has 0 aliphatic heterocycles. The van der Waals surface area contributed by atoms with E-state index in [1.807, 2.05) is 0 Å². The fraction of sp³-hybridized carbons (Fsp3) is 0.900. The average Bonchev–Trinajstić information content (AvgIpc) is 2.10. The monoisotopic (exact) mass is 186 g/mol. The van der Waals surface area contributed by atoms with E-state index < -0.39 is 0 Å². The van der Waals surface area contributed by atoms with Gasteiger partial charge in [-0.1, -0.05) is 19.8 Å². The molecule has 0 aromatic heterocycles. The Morgan fingerprint density at radius 3 is 2.54 bits per heavy atom. The molecule has 0 radical (unpaired) electrons. The molecule has 0 fully saturated rings. The Morgan fingerprint density at radius 1 is 1.46 bits per heavy atom. The van der Waals surface area contributed by atoms with Crippen molar-refractivity contribution in [3.8, 4) is 0 Å². The molecular weight excluding hydrogens is 164 g/mol. The lowest BCUT2D eigenvalue weighted by molar-refractivity contribution is -0.127. The largest absolute Gasteiger partial charge is 0.348 e. The second-order valence-corrected chi connectivity index (χ2v) is 3.71. The van der Waals surface area contributed by atoms with Crippen molar-refractivity contribution < 1.29 is 4.79 Å². The number of nitrogens with zero attached hydrogens (tertiary/aromatic N) is 1. The van der Waals surface area contributed by atoms with Crippen molar-refractivity contribution in [3.63, 3.8) is 0 Å². The Bertz CT molecular complexity index is 146. The second kappa shape index (κ2) is 6.89. The van der Waals surface area contributed by atoms with Crippen LogP contribution in [0, 0.1) is 0 Å². The molecule has 0 rings (SSSR count). The van der Waals surface area contributed by atoms with Crippen LogP contribution in [0.5, 0.6) is 0 Å². The lowest BCUT2D eigenvalue weighted by Gasteiger charge is -2.15. The van der Waals surface area contributed by atoms with E-state index in [0.29, 0.717) is 12.6 Å². The predicted octanol–water partition coefficient (Wildman–Crippen LogP) is 1.24. The molecule has 13 heavy (non-hydrogen) atoms. The molecular formula is C10H22N2O. The molecule has 3 heteroatoms. The average molecular weight is 186 g/mol. The van der Waals surface area contributed by atoms with E-state index >= 15 is 0 Å². The first-order valence-corrected chi connectivity index (χ1v) is 5.01. The van der Waals surface area contributed by atoms with Gasteiger partial charge in [0, 0.05) is 20.1 Å². The van der Waals surface area contributed by atoms with Gasteiger partial charge in [-0.05, 0) is 13.3 Å². The third-order valence-corrected chi connectivity index (χ3v) is 2.09. The van der Waals surface area contributed by atoms with Gasteiger partial charge in [0.25, 0.3) is 0 Å². The first kappa shape index (κ1) is 12.4. The maximum absolute atomic E-state index is 11.2. The standard InChI is InChI=1S/C10H22N2O/c1-5-6-7-9(2)11-8-10(13)12(3)4/h9,11H,5-8H2,1-4H3. The highest BCUT2D eigenvalue weighted by molar-refractivity contribution is 5.77. The summed E-state index contributed by atoms with van der Waals surface area (Å²) in [5.41, 5.74) is 0. The van der Waals surface area contributed by atoms with Crippen LogP contribution in [0.15, 0.2) is 0 Å². The molecule has 0 aliphatic rings. The van der Waals surface area contributed by atoms with E-state index in [-0.39, 0.29) is 5.91 Å². The van der Waals surface area contributed by atoms with Crippen molar-refractivity contribution in [2.75, 3.05) is 20.6 Å². The first-order valence-electron chi connectivity index (χ1n) is 5.01. The Kier molecular flexibility index (Phi) is 6.59. The molecule has 0 aliphatic carbocycles. The van der Waals surface area contributed by atoms with Crippen LogP contribution < -0.4 is 5.32 Å². The summed E-state index contributed by atoms with van der Waals surface area (Å²) in [6.07, 6.45) is 3.59. The smallest absolute Gasteiger partial charge is 0.236 e. The van der Waals surface area contributed by atoms with Crippen LogP contribution in [-0.2, 0) is 4.79 Å². The van der Waals surface area contributed by atoms with E-state index in [4.69, 9.17) is 0 Å². The van der Waals surface area contributed by atoms with Gasteiger partial charge in [0.1, 0.15) is 0 Å². The zero-order valence-corrected chi connectivity index (χ0v) is 9.26. The van der Waals surface area contributed by atoms with Gasteiger partial charge < -0.3 is 10.2 Å². The normalized spacial score (nSPS) is 12.6. The van der Waals surface area contributed by atoms with E-state index in [0.717, 1.165) is 6.42 Å². The first-order chi connectivity index (χ1) is 6.07. The molecule has 0 aromatic rings. The maximum atomic E-state index is 11.2. The summed E-state index contributed by atoms with van der Waals surface area (Å²) in [4.78, 5) is 12.8. The minimum absolute atomic E-state index is 0.142. The highest BCUT2D eigenvalue weighted by Crippen LogP contribution is 1.98. The Balaban J connectivity index is 3.46.